The first-order chi connectivity index (χ1) is 6.74. The fourth-order valence-corrected chi connectivity index (χ4v) is 0.914. The lowest BCUT2D eigenvalue weighted by Crippen LogP contribution is -2.28. The van der Waals surface area contributed by atoms with E-state index in [-0.39, 0.29) is 0 Å². The van der Waals surface area contributed by atoms with E-state index in [1.807, 2.05) is 0 Å². The van der Waals surface area contributed by atoms with Crippen LogP contribution in [0.4, 0.5) is 0 Å². The van der Waals surface area contributed by atoms with Gasteiger partial charge in [-0.2, -0.15) is 4.73 Å². The molecule has 0 saturated carbocycles. The zero-order valence-corrected chi connectivity index (χ0v) is 7.84. The summed E-state index contributed by atoms with van der Waals surface area (Å²) in [6.07, 6.45) is 4.02. The number of hydrogen-bond donors (Lipinski definition) is 0. The summed E-state index contributed by atoms with van der Waals surface area (Å²) < 4.78 is 5.34. The van der Waals surface area contributed by atoms with E-state index in [1.165, 1.54) is 18.3 Å². The van der Waals surface area contributed by atoms with Gasteiger partial charge in [0.25, 0.3) is 0 Å². The van der Waals surface area contributed by atoms with Crippen LogP contribution in [-0.4, -0.2) is 12.6 Å². The quantitative estimate of drug-likeness (QED) is 0.310. The summed E-state index contributed by atoms with van der Waals surface area (Å²) in [6, 6.07) is 4.96. The van der Waals surface area contributed by atoms with Crippen LogP contribution in [0.25, 0.3) is 6.08 Å². The monoisotopic (exact) mass is 193 g/mol. The largest absolute Gasteiger partial charge is 0.618 e. The molecule has 0 aliphatic rings. The van der Waals surface area contributed by atoms with Crippen LogP contribution in [0, 0.1) is 5.21 Å². The molecule has 1 aromatic rings. The van der Waals surface area contributed by atoms with Gasteiger partial charge in [-0.3, -0.25) is 0 Å². The molecule has 1 heterocycles. The van der Waals surface area contributed by atoms with Crippen molar-refractivity contribution in [1.82, 2.24) is 0 Å². The van der Waals surface area contributed by atoms with Crippen LogP contribution < -0.4 is 4.73 Å². The van der Waals surface area contributed by atoms with Crippen molar-refractivity contribution in [2.45, 2.75) is 6.92 Å². The van der Waals surface area contributed by atoms with E-state index in [2.05, 4.69) is 4.74 Å². The Balaban J connectivity index is 2.69. The molecule has 0 unspecified atom stereocenters. The molecule has 4 nitrogen and oxygen atoms in total. The highest BCUT2D eigenvalue weighted by molar-refractivity contribution is 5.86. The summed E-state index contributed by atoms with van der Waals surface area (Å²) in [4.78, 5) is 10.9. The standard InChI is InChI=1S/C10H11NO3/c1-2-14-10(12)7-6-9-5-3-4-8-11(9)13/h3-8H,2H2,1H3. The van der Waals surface area contributed by atoms with Crippen LogP contribution in [-0.2, 0) is 9.53 Å². The molecule has 0 spiro atoms. The number of carbonyl (C=O) groups excluding carboxylic acids is 1. The van der Waals surface area contributed by atoms with Gasteiger partial charge in [0.15, 0.2) is 6.20 Å². The van der Waals surface area contributed by atoms with Gasteiger partial charge in [0.1, 0.15) is 0 Å². The number of hydrogen-bond acceptors (Lipinski definition) is 3. The average Bonchev–Trinajstić information content (AvgIpc) is 2.17. The molecule has 0 aliphatic heterocycles. The highest BCUT2D eigenvalue weighted by Crippen LogP contribution is 1.94. The fourth-order valence-electron chi connectivity index (χ4n) is 0.914. The maximum absolute atomic E-state index is 11.1. The molecule has 0 amide bonds. The van der Waals surface area contributed by atoms with Crippen LogP contribution in [0.15, 0.2) is 30.5 Å². The number of pyridine rings is 1. The molecule has 0 atom stereocenters. The van der Waals surface area contributed by atoms with E-state index >= 15 is 0 Å². The van der Waals surface area contributed by atoms with Gasteiger partial charge in [0, 0.05) is 24.3 Å². The van der Waals surface area contributed by atoms with Crippen LogP contribution in [0.1, 0.15) is 12.6 Å². The average molecular weight is 193 g/mol. The molecule has 74 valence electrons. The van der Waals surface area contributed by atoms with Crippen LogP contribution >= 0.6 is 0 Å². The van der Waals surface area contributed by atoms with Gasteiger partial charge in [-0.05, 0) is 13.0 Å². The molecule has 14 heavy (non-hydrogen) atoms. The van der Waals surface area contributed by atoms with Gasteiger partial charge in [0.2, 0.25) is 5.69 Å². The summed E-state index contributed by atoms with van der Waals surface area (Å²) in [7, 11) is 0. The summed E-state index contributed by atoms with van der Waals surface area (Å²) in [5.41, 5.74) is 0.403. The normalized spacial score (nSPS) is 10.4. The Labute approximate surface area is 82.0 Å². The highest BCUT2D eigenvalue weighted by atomic mass is 16.5. The van der Waals surface area contributed by atoms with Crippen molar-refractivity contribution in [3.63, 3.8) is 0 Å². The number of aromatic nitrogens is 1. The molecular weight excluding hydrogens is 182 g/mol. The lowest BCUT2D eigenvalue weighted by molar-refractivity contribution is -0.607. The topological polar surface area (TPSA) is 53.2 Å². The Kier molecular flexibility index (Phi) is 3.67. The van der Waals surface area contributed by atoms with Gasteiger partial charge < -0.3 is 9.94 Å². The first kappa shape index (κ1) is 10.2. The summed E-state index contributed by atoms with van der Waals surface area (Å²) in [5.74, 6) is -0.448. The lowest BCUT2D eigenvalue weighted by atomic mass is 10.3. The first-order valence-corrected chi connectivity index (χ1v) is 4.27. The van der Waals surface area contributed by atoms with E-state index in [4.69, 9.17) is 0 Å². The van der Waals surface area contributed by atoms with Crippen molar-refractivity contribution in [3.05, 3.63) is 41.4 Å². The minimum Gasteiger partial charge on any atom is -0.618 e. The third-order valence-electron chi connectivity index (χ3n) is 1.53. The first-order valence-electron chi connectivity index (χ1n) is 4.27. The van der Waals surface area contributed by atoms with Gasteiger partial charge in [-0.15, -0.1) is 0 Å². The van der Waals surface area contributed by atoms with E-state index in [0.717, 1.165) is 0 Å². The number of ether oxygens (including phenoxy) is 1. The third-order valence-corrected chi connectivity index (χ3v) is 1.53. The minimum atomic E-state index is -0.448. The van der Waals surface area contributed by atoms with Crippen LogP contribution in [0.5, 0.6) is 0 Å². The highest BCUT2D eigenvalue weighted by Gasteiger charge is 1.99. The van der Waals surface area contributed by atoms with E-state index in [9.17, 15) is 10.0 Å². The van der Waals surface area contributed by atoms with Crippen molar-refractivity contribution in [1.29, 1.82) is 0 Å². The maximum atomic E-state index is 11.1. The summed E-state index contributed by atoms with van der Waals surface area (Å²) in [5, 5.41) is 11.1. The predicted molar refractivity (Wildman–Crippen MR) is 51.1 cm³/mol. The lowest BCUT2D eigenvalue weighted by Gasteiger charge is -1.98. The van der Waals surface area contributed by atoms with Crippen molar-refractivity contribution >= 4 is 12.0 Å². The Bertz CT molecular complexity index is 347. The summed E-state index contributed by atoms with van der Waals surface area (Å²) in [6.45, 7) is 2.05. The van der Waals surface area contributed by atoms with Crippen molar-refractivity contribution in [2.75, 3.05) is 6.61 Å². The van der Waals surface area contributed by atoms with Gasteiger partial charge in [0.05, 0.1) is 6.61 Å². The molecule has 4 heteroatoms. The number of rotatable bonds is 3. The van der Waals surface area contributed by atoms with E-state index in [1.54, 1.807) is 25.1 Å². The molecular formula is C10H11NO3. The molecule has 0 fully saturated rings. The number of carbonyl (C=O) groups is 1. The second-order valence-electron chi connectivity index (χ2n) is 2.54. The molecule has 0 aliphatic carbocycles. The van der Waals surface area contributed by atoms with Crippen molar-refractivity contribution in [3.8, 4) is 0 Å². The molecule has 0 radical (unpaired) electrons. The SMILES string of the molecule is CCOC(=O)C=Cc1cccc[n+]1[O-]. The molecule has 0 N–H and O–H groups in total. The second kappa shape index (κ2) is 5.01. The van der Waals surface area contributed by atoms with Gasteiger partial charge in [-0.1, -0.05) is 0 Å². The predicted octanol–water partition coefficient (Wildman–Crippen LogP) is 0.896. The zero-order chi connectivity index (χ0) is 10.4. The van der Waals surface area contributed by atoms with Crippen molar-refractivity contribution in [2.24, 2.45) is 0 Å². The maximum Gasteiger partial charge on any atom is 0.330 e. The van der Waals surface area contributed by atoms with Crippen LogP contribution in [0.3, 0.4) is 0 Å². The van der Waals surface area contributed by atoms with Gasteiger partial charge >= 0.3 is 5.97 Å². The molecule has 0 aromatic carbocycles. The molecule has 1 rings (SSSR count). The van der Waals surface area contributed by atoms with Gasteiger partial charge in [-0.25, -0.2) is 4.79 Å². The Hall–Kier alpha value is -1.84. The summed E-state index contributed by atoms with van der Waals surface area (Å²) >= 11 is 0. The Morgan fingerprint density at radius 1 is 1.64 bits per heavy atom. The van der Waals surface area contributed by atoms with E-state index < -0.39 is 5.97 Å². The molecule has 1 aromatic heterocycles. The zero-order valence-electron chi connectivity index (χ0n) is 7.84. The number of nitrogens with zero attached hydrogens (tertiary/aromatic N) is 1. The smallest absolute Gasteiger partial charge is 0.330 e. The third kappa shape index (κ3) is 2.90. The Morgan fingerprint density at radius 3 is 3.07 bits per heavy atom. The molecule has 0 bridgehead atoms. The minimum absolute atomic E-state index is 0.329. The Morgan fingerprint density at radius 2 is 2.43 bits per heavy atom. The fraction of sp³-hybridized carbons (Fsp3) is 0.200. The number of esters is 1. The van der Waals surface area contributed by atoms with E-state index in [0.29, 0.717) is 17.0 Å². The molecule has 0 saturated heterocycles. The van der Waals surface area contributed by atoms with Crippen LogP contribution in [0.2, 0.25) is 0 Å². The van der Waals surface area contributed by atoms with Crippen molar-refractivity contribution < 1.29 is 14.3 Å². The second-order valence-corrected chi connectivity index (χ2v) is 2.54.